The Morgan fingerprint density at radius 1 is 1.20 bits per heavy atom. The van der Waals surface area contributed by atoms with Crippen LogP contribution in [-0.2, 0) is 24.2 Å². The standard InChI is InChI=1S/C19H18FNO4/c1-25-17-5-4-16(20)9-14(17)10-18(22)21-7-6-12-2-3-13(19(23)24)8-15(12)11-21/h2-5,8-9H,6-7,10-11H2,1H3,(H,23,24). The molecule has 0 atom stereocenters. The Labute approximate surface area is 144 Å². The van der Waals surface area contributed by atoms with Crippen LogP contribution in [0.3, 0.4) is 0 Å². The predicted octanol–water partition coefficient (Wildman–Crippen LogP) is 2.66. The van der Waals surface area contributed by atoms with Gasteiger partial charge in [0.25, 0.3) is 0 Å². The largest absolute Gasteiger partial charge is 0.496 e. The highest BCUT2D eigenvalue weighted by Gasteiger charge is 2.22. The summed E-state index contributed by atoms with van der Waals surface area (Å²) in [7, 11) is 1.48. The van der Waals surface area contributed by atoms with E-state index in [9.17, 15) is 14.0 Å². The van der Waals surface area contributed by atoms with Crippen LogP contribution in [0.5, 0.6) is 5.75 Å². The minimum absolute atomic E-state index is 0.0366. The van der Waals surface area contributed by atoms with Gasteiger partial charge in [-0.1, -0.05) is 6.07 Å². The monoisotopic (exact) mass is 343 g/mol. The van der Waals surface area contributed by atoms with Crippen LogP contribution in [-0.4, -0.2) is 35.5 Å². The van der Waals surface area contributed by atoms with Crippen LogP contribution in [0.4, 0.5) is 4.39 Å². The molecule has 130 valence electrons. The lowest BCUT2D eigenvalue weighted by Gasteiger charge is -2.29. The molecule has 0 spiro atoms. The van der Waals surface area contributed by atoms with Crippen LogP contribution in [0.1, 0.15) is 27.0 Å². The number of amides is 1. The van der Waals surface area contributed by atoms with Crippen molar-refractivity contribution in [1.82, 2.24) is 4.90 Å². The molecule has 0 unspecified atom stereocenters. The number of fused-ring (bicyclic) bond motifs is 1. The summed E-state index contributed by atoms with van der Waals surface area (Å²) in [5, 5.41) is 9.11. The van der Waals surface area contributed by atoms with E-state index >= 15 is 0 Å². The van der Waals surface area contributed by atoms with E-state index in [2.05, 4.69) is 0 Å². The fourth-order valence-corrected chi connectivity index (χ4v) is 3.06. The number of carboxylic acid groups (broad SMARTS) is 1. The molecule has 3 rings (SSSR count). The molecule has 1 aliphatic rings. The summed E-state index contributed by atoms with van der Waals surface area (Å²) in [6.45, 7) is 0.906. The zero-order chi connectivity index (χ0) is 18.0. The minimum Gasteiger partial charge on any atom is -0.496 e. The first-order chi connectivity index (χ1) is 12.0. The Kier molecular flexibility index (Phi) is 4.70. The maximum atomic E-state index is 13.5. The minimum atomic E-state index is -0.990. The van der Waals surface area contributed by atoms with Crippen molar-refractivity contribution in [2.75, 3.05) is 13.7 Å². The van der Waals surface area contributed by atoms with Gasteiger partial charge in [-0.3, -0.25) is 4.79 Å². The van der Waals surface area contributed by atoms with E-state index in [-0.39, 0.29) is 17.9 Å². The summed E-state index contributed by atoms with van der Waals surface area (Å²) in [5.41, 5.74) is 2.60. The highest BCUT2D eigenvalue weighted by atomic mass is 19.1. The van der Waals surface area contributed by atoms with Gasteiger partial charge in [-0.25, -0.2) is 9.18 Å². The molecule has 2 aromatic rings. The van der Waals surface area contributed by atoms with Gasteiger partial charge in [-0.05, 0) is 47.9 Å². The van der Waals surface area contributed by atoms with E-state index < -0.39 is 11.8 Å². The van der Waals surface area contributed by atoms with Crippen molar-refractivity contribution in [3.8, 4) is 5.75 Å². The lowest BCUT2D eigenvalue weighted by molar-refractivity contribution is -0.131. The summed E-state index contributed by atoms with van der Waals surface area (Å²) in [6.07, 6.45) is 0.705. The average molecular weight is 343 g/mol. The number of hydrogen-bond donors (Lipinski definition) is 1. The van der Waals surface area contributed by atoms with Crippen LogP contribution in [0.25, 0.3) is 0 Å². The van der Waals surface area contributed by atoms with Crippen LogP contribution >= 0.6 is 0 Å². The molecular weight excluding hydrogens is 325 g/mol. The number of carboxylic acids is 1. The smallest absolute Gasteiger partial charge is 0.335 e. The Bertz CT molecular complexity index is 834. The third kappa shape index (κ3) is 3.63. The van der Waals surface area contributed by atoms with Crippen LogP contribution in [0, 0.1) is 5.82 Å². The van der Waals surface area contributed by atoms with Gasteiger partial charge in [0.05, 0.1) is 19.1 Å². The molecule has 5 nitrogen and oxygen atoms in total. The maximum Gasteiger partial charge on any atom is 0.335 e. The highest BCUT2D eigenvalue weighted by molar-refractivity contribution is 5.88. The van der Waals surface area contributed by atoms with Crippen LogP contribution < -0.4 is 4.74 Å². The van der Waals surface area contributed by atoms with E-state index in [1.807, 2.05) is 0 Å². The lowest BCUT2D eigenvalue weighted by atomic mass is 9.97. The quantitative estimate of drug-likeness (QED) is 0.927. The number of ether oxygens (including phenoxy) is 1. The zero-order valence-electron chi connectivity index (χ0n) is 13.8. The molecule has 2 aromatic carbocycles. The summed E-state index contributed by atoms with van der Waals surface area (Å²) in [4.78, 5) is 25.4. The molecule has 0 aromatic heterocycles. The number of benzene rings is 2. The Morgan fingerprint density at radius 3 is 2.72 bits per heavy atom. The molecule has 0 saturated heterocycles. The molecular formula is C19H18FNO4. The molecule has 25 heavy (non-hydrogen) atoms. The van der Waals surface area contributed by atoms with Crippen molar-refractivity contribution in [2.45, 2.75) is 19.4 Å². The summed E-state index contributed by atoms with van der Waals surface area (Å²) in [6, 6.07) is 9.09. The summed E-state index contributed by atoms with van der Waals surface area (Å²) >= 11 is 0. The number of aromatic carboxylic acids is 1. The van der Waals surface area contributed by atoms with Gasteiger partial charge in [0, 0.05) is 18.7 Å². The van der Waals surface area contributed by atoms with Gasteiger partial charge in [-0.15, -0.1) is 0 Å². The average Bonchev–Trinajstić information content (AvgIpc) is 2.60. The second-order valence-electron chi connectivity index (χ2n) is 5.99. The van der Waals surface area contributed by atoms with Crippen molar-refractivity contribution < 1.29 is 23.8 Å². The van der Waals surface area contributed by atoms with Gasteiger partial charge >= 0.3 is 5.97 Å². The SMILES string of the molecule is COc1ccc(F)cc1CC(=O)N1CCc2ccc(C(=O)O)cc2C1. The van der Waals surface area contributed by atoms with Gasteiger partial charge in [0.2, 0.25) is 5.91 Å². The fraction of sp³-hybridized carbons (Fsp3) is 0.263. The van der Waals surface area contributed by atoms with Crippen molar-refractivity contribution >= 4 is 11.9 Å². The van der Waals surface area contributed by atoms with E-state index in [1.54, 1.807) is 23.1 Å². The number of nitrogens with zero attached hydrogens (tertiary/aromatic N) is 1. The molecule has 0 fully saturated rings. The Hall–Kier alpha value is -2.89. The predicted molar refractivity (Wildman–Crippen MR) is 89.2 cm³/mol. The van der Waals surface area contributed by atoms with Gasteiger partial charge in [0.15, 0.2) is 0 Å². The summed E-state index contributed by atoms with van der Waals surface area (Å²) in [5.74, 6) is -1.08. The molecule has 1 amide bonds. The number of hydrogen-bond acceptors (Lipinski definition) is 3. The first kappa shape index (κ1) is 17.0. The maximum absolute atomic E-state index is 13.5. The van der Waals surface area contributed by atoms with Crippen molar-refractivity contribution in [1.29, 1.82) is 0 Å². The highest BCUT2D eigenvalue weighted by Crippen LogP contribution is 2.24. The van der Waals surface area contributed by atoms with E-state index in [0.29, 0.717) is 30.8 Å². The molecule has 1 aliphatic heterocycles. The molecule has 6 heteroatoms. The third-order valence-electron chi connectivity index (χ3n) is 4.40. The number of carbonyl (C=O) groups is 2. The Balaban J connectivity index is 1.77. The first-order valence-corrected chi connectivity index (χ1v) is 7.93. The molecule has 1 N–H and O–H groups in total. The second-order valence-corrected chi connectivity index (χ2v) is 5.99. The van der Waals surface area contributed by atoms with E-state index in [4.69, 9.17) is 9.84 Å². The van der Waals surface area contributed by atoms with Gasteiger partial charge in [-0.2, -0.15) is 0 Å². The summed E-state index contributed by atoms with van der Waals surface area (Å²) < 4.78 is 18.6. The molecule has 0 bridgehead atoms. The van der Waals surface area contributed by atoms with Gasteiger partial charge in [0.1, 0.15) is 11.6 Å². The number of methoxy groups -OCH3 is 1. The Morgan fingerprint density at radius 2 is 2.00 bits per heavy atom. The molecule has 0 radical (unpaired) electrons. The topological polar surface area (TPSA) is 66.8 Å². The van der Waals surface area contributed by atoms with Crippen molar-refractivity contribution in [3.63, 3.8) is 0 Å². The van der Waals surface area contributed by atoms with E-state index in [1.165, 1.54) is 25.3 Å². The molecule has 0 saturated carbocycles. The second kappa shape index (κ2) is 6.93. The molecule has 0 aliphatic carbocycles. The number of rotatable bonds is 4. The number of carbonyl (C=O) groups excluding carboxylic acids is 1. The van der Waals surface area contributed by atoms with Crippen molar-refractivity contribution in [2.24, 2.45) is 0 Å². The zero-order valence-corrected chi connectivity index (χ0v) is 13.8. The fourth-order valence-electron chi connectivity index (χ4n) is 3.06. The normalized spacial score (nSPS) is 13.3. The number of halogens is 1. The van der Waals surface area contributed by atoms with E-state index in [0.717, 1.165) is 11.1 Å². The van der Waals surface area contributed by atoms with Crippen LogP contribution in [0.2, 0.25) is 0 Å². The first-order valence-electron chi connectivity index (χ1n) is 7.93. The molecule has 1 heterocycles. The van der Waals surface area contributed by atoms with Crippen LogP contribution in [0.15, 0.2) is 36.4 Å². The van der Waals surface area contributed by atoms with Crippen molar-refractivity contribution in [3.05, 3.63) is 64.5 Å². The third-order valence-corrected chi connectivity index (χ3v) is 4.40. The van der Waals surface area contributed by atoms with Gasteiger partial charge < -0.3 is 14.7 Å². The lowest BCUT2D eigenvalue weighted by Crippen LogP contribution is -2.37.